The molecule has 1 nitrogen and oxygen atoms in total. The van der Waals surface area contributed by atoms with Crippen LogP contribution >= 0.6 is 0 Å². The van der Waals surface area contributed by atoms with Gasteiger partial charge in [-0.15, -0.1) is 0 Å². The first kappa shape index (κ1) is 6.66. The van der Waals surface area contributed by atoms with Gasteiger partial charge in [-0.05, 0) is 36.5 Å². The lowest BCUT2D eigenvalue weighted by atomic mass is 9.73. The van der Waals surface area contributed by atoms with Crippen molar-refractivity contribution in [2.75, 3.05) is 6.61 Å². The van der Waals surface area contributed by atoms with Crippen LogP contribution in [0, 0.1) is 17.3 Å². The van der Waals surface area contributed by atoms with E-state index < -0.39 is 0 Å². The summed E-state index contributed by atoms with van der Waals surface area (Å²) in [5, 5.41) is 9.16. The van der Waals surface area contributed by atoms with E-state index >= 15 is 0 Å². The van der Waals surface area contributed by atoms with Crippen LogP contribution in [0.25, 0.3) is 0 Å². The lowest BCUT2D eigenvalue weighted by molar-refractivity contribution is 0.0927. The van der Waals surface area contributed by atoms with Crippen LogP contribution in [-0.4, -0.2) is 11.7 Å². The van der Waals surface area contributed by atoms with Crippen molar-refractivity contribution in [1.29, 1.82) is 0 Å². The van der Waals surface area contributed by atoms with Crippen LogP contribution in [0.4, 0.5) is 0 Å². The summed E-state index contributed by atoms with van der Waals surface area (Å²) in [6, 6.07) is 0. The fourth-order valence-electron chi connectivity index (χ4n) is 2.41. The van der Waals surface area contributed by atoms with Crippen LogP contribution in [0.2, 0.25) is 0 Å². The van der Waals surface area contributed by atoms with Gasteiger partial charge >= 0.3 is 0 Å². The van der Waals surface area contributed by atoms with Gasteiger partial charge < -0.3 is 5.11 Å². The Kier molecular flexibility index (Phi) is 1.31. The highest BCUT2D eigenvalue weighted by molar-refractivity contribution is 5.05. The molecule has 0 radical (unpaired) electrons. The van der Waals surface area contributed by atoms with E-state index in [0.717, 1.165) is 11.8 Å². The Bertz CT molecular complexity index is 136. The average molecular weight is 140 g/mol. The van der Waals surface area contributed by atoms with Gasteiger partial charge in [0, 0.05) is 6.61 Å². The van der Waals surface area contributed by atoms with Crippen LogP contribution in [0.15, 0.2) is 0 Å². The van der Waals surface area contributed by atoms with Crippen LogP contribution in [-0.2, 0) is 0 Å². The number of hydrogen-bond acceptors (Lipinski definition) is 1. The molecule has 2 rings (SSSR count). The smallest absolute Gasteiger partial charge is 0.0492 e. The van der Waals surface area contributed by atoms with E-state index in [9.17, 15) is 0 Å². The van der Waals surface area contributed by atoms with E-state index in [1.165, 1.54) is 25.7 Å². The zero-order valence-corrected chi connectivity index (χ0v) is 6.64. The predicted molar refractivity (Wildman–Crippen MR) is 40.6 cm³/mol. The third-order valence-electron chi connectivity index (χ3n) is 3.72. The molecule has 0 bridgehead atoms. The quantitative estimate of drug-likeness (QED) is 0.620. The van der Waals surface area contributed by atoms with Crippen molar-refractivity contribution in [3.8, 4) is 0 Å². The molecule has 2 saturated carbocycles. The van der Waals surface area contributed by atoms with E-state index in [0.29, 0.717) is 12.0 Å². The first-order valence-electron chi connectivity index (χ1n) is 4.40. The van der Waals surface area contributed by atoms with Crippen molar-refractivity contribution in [3.05, 3.63) is 0 Å². The Hall–Kier alpha value is -0.0400. The van der Waals surface area contributed by atoms with Crippen molar-refractivity contribution in [2.45, 2.75) is 32.6 Å². The second-order valence-corrected chi connectivity index (χ2v) is 4.12. The maximum Gasteiger partial charge on any atom is 0.0492 e. The van der Waals surface area contributed by atoms with E-state index in [1.54, 1.807) is 0 Å². The molecule has 0 aliphatic heterocycles. The van der Waals surface area contributed by atoms with Gasteiger partial charge in [0.05, 0.1) is 0 Å². The first-order valence-corrected chi connectivity index (χ1v) is 4.40. The van der Waals surface area contributed by atoms with Gasteiger partial charge in [-0.2, -0.15) is 0 Å². The van der Waals surface area contributed by atoms with Crippen molar-refractivity contribution < 1.29 is 5.11 Å². The number of aliphatic hydroxyl groups excluding tert-OH is 1. The third kappa shape index (κ3) is 0.672. The van der Waals surface area contributed by atoms with Crippen LogP contribution in [0.1, 0.15) is 32.6 Å². The van der Waals surface area contributed by atoms with Gasteiger partial charge in [-0.3, -0.25) is 0 Å². The fourth-order valence-corrected chi connectivity index (χ4v) is 2.41. The molecule has 0 amide bonds. The predicted octanol–water partition coefficient (Wildman–Crippen LogP) is 1.80. The Morgan fingerprint density at radius 1 is 1.50 bits per heavy atom. The van der Waals surface area contributed by atoms with Crippen molar-refractivity contribution in [3.63, 3.8) is 0 Å². The molecule has 1 N–H and O–H groups in total. The van der Waals surface area contributed by atoms with Gasteiger partial charge in [-0.1, -0.05) is 13.3 Å². The normalized spacial score (nSPS) is 46.8. The fraction of sp³-hybridized carbons (Fsp3) is 1.00. The first-order chi connectivity index (χ1) is 4.79. The highest BCUT2D eigenvalue weighted by Gasteiger charge is 2.56. The summed E-state index contributed by atoms with van der Waals surface area (Å²) in [5.41, 5.74) is 0.401. The molecular weight excluding hydrogens is 124 g/mol. The van der Waals surface area contributed by atoms with E-state index in [-0.39, 0.29) is 0 Å². The van der Waals surface area contributed by atoms with Crippen LogP contribution in [0.5, 0.6) is 0 Å². The summed E-state index contributed by atoms with van der Waals surface area (Å²) < 4.78 is 0. The molecular formula is C9H16O. The van der Waals surface area contributed by atoms with Gasteiger partial charge in [0.25, 0.3) is 0 Å². The summed E-state index contributed by atoms with van der Waals surface area (Å²) in [5.74, 6) is 1.69. The molecule has 2 aliphatic rings. The van der Waals surface area contributed by atoms with Crippen molar-refractivity contribution in [2.24, 2.45) is 17.3 Å². The minimum absolute atomic E-state index is 0.401. The highest BCUT2D eigenvalue weighted by Crippen LogP contribution is 2.62. The molecule has 0 spiro atoms. The molecule has 0 heterocycles. The molecule has 0 saturated heterocycles. The number of aliphatic hydroxyl groups is 1. The van der Waals surface area contributed by atoms with Gasteiger partial charge in [-0.25, -0.2) is 0 Å². The minimum atomic E-state index is 0.401. The Balaban J connectivity index is 1.99. The molecule has 0 aromatic carbocycles. The van der Waals surface area contributed by atoms with Crippen LogP contribution in [0.3, 0.4) is 0 Å². The number of hydrogen-bond donors (Lipinski definition) is 1. The van der Waals surface area contributed by atoms with Gasteiger partial charge in [0.1, 0.15) is 0 Å². The molecule has 2 aliphatic carbocycles. The summed E-state index contributed by atoms with van der Waals surface area (Å²) in [6.07, 6.45) is 5.45. The molecule has 2 fully saturated rings. The van der Waals surface area contributed by atoms with Gasteiger partial charge in [0.15, 0.2) is 0 Å². The van der Waals surface area contributed by atoms with E-state index in [4.69, 9.17) is 5.11 Å². The molecule has 58 valence electrons. The maximum absolute atomic E-state index is 9.16. The van der Waals surface area contributed by atoms with Gasteiger partial charge in [0.2, 0.25) is 0 Å². The zero-order chi connectivity index (χ0) is 7.19. The lowest BCUT2D eigenvalue weighted by Gasteiger charge is -2.33. The summed E-state index contributed by atoms with van der Waals surface area (Å²) in [7, 11) is 0. The molecule has 10 heavy (non-hydrogen) atoms. The third-order valence-corrected chi connectivity index (χ3v) is 3.72. The lowest BCUT2D eigenvalue weighted by Crippen LogP contribution is -2.27. The molecule has 0 aromatic rings. The molecule has 2 unspecified atom stereocenters. The summed E-state index contributed by atoms with van der Waals surface area (Å²) in [6.45, 7) is 2.72. The topological polar surface area (TPSA) is 20.2 Å². The SMILES string of the molecule is CC1CC1(CO)C1CCC1. The Morgan fingerprint density at radius 3 is 2.20 bits per heavy atom. The molecule has 1 heteroatoms. The second-order valence-electron chi connectivity index (χ2n) is 4.12. The summed E-state index contributed by atoms with van der Waals surface area (Å²) >= 11 is 0. The minimum Gasteiger partial charge on any atom is -0.396 e. The zero-order valence-electron chi connectivity index (χ0n) is 6.64. The molecule has 2 atom stereocenters. The van der Waals surface area contributed by atoms with Crippen molar-refractivity contribution >= 4 is 0 Å². The van der Waals surface area contributed by atoms with Crippen LogP contribution < -0.4 is 0 Å². The monoisotopic (exact) mass is 140 g/mol. The number of rotatable bonds is 2. The molecule has 0 aromatic heterocycles. The highest BCUT2D eigenvalue weighted by atomic mass is 16.3. The van der Waals surface area contributed by atoms with E-state index in [1.807, 2.05) is 0 Å². The Labute approximate surface area is 62.4 Å². The second kappa shape index (κ2) is 1.97. The largest absolute Gasteiger partial charge is 0.396 e. The van der Waals surface area contributed by atoms with Crippen molar-refractivity contribution in [1.82, 2.24) is 0 Å². The van der Waals surface area contributed by atoms with E-state index in [2.05, 4.69) is 6.92 Å². The Morgan fingerprint density at radius 2 is 2.10 bits per heavy atom. The maximum atomic E-state index is 9.16. The standard InChI is InChI=1S/C9H16O/c1-7-5-9(7,6-10)8-3-2-4-8/h7-8,10H,2-6H2,1H3. The summed E-state index contributed by atoms with van der Waals surface area (Å²) in [4.78, 5) is 0. The average Bonchev–Trinajstić information content (AvgIpc) is 2.39.